The Balaban J connectivity index is 1.75. The minimum atomic E-state index is -0.406. The SMILES string of the molecule is O=c1nc2c3ccc(F)cc3nc(CN3CCCCC3)n2nc1-c1ccccc1. The zero-order chi connectivity index (χ0) is 19.8. The summed E-state index contributed by atoms with van der Waals surface area (Å²) in [6.45, 7) is 2.56. The maximum atomic E-state index is 13.8. The molecule has 0 amide bonds. The summed E-state index contributed by atoms with van der Waals surface area (Å²) in [6.07, 6.45) is 3.53. The zero-order valence-corrected chi connectivity index (χ0v) is 15.9. The van der Waals surface area contributed by atoms with Crippen LogP contribution in [-0.2, 0) is 6.54 Å². The predicted molar refractivity (Wildman–Crippen MR) is 109 cm³/mol. The van der Waals surface area contributed by atoms with E-state index in [2.05, 4.69) is 15.0 Å². The first-order valence-electron chi connectivity index (χ1n) is 9.86. The van der Waals surface area contributed by atoms with Gasteiger partial charge in [-0.2, -0.15) is 14.6 Å². The quantitative estimate of drug-likeness (QED) is 0.503. The van der Waals surface area contributed by atoms with E-state index in [0.29, 0.717) is 34.5 Å². The van der Waals surface area contributed by atoms with Crippen LogP contribution in [0.5, 0.6) is 0 Å². The van der Waals surface area contributed by atoms with Crippen LogP contribution in [0.2, 0.25) is 0 Å². The van der Waals surface area contributed by atoms with E-state index >= 15 is 0 Å². The monoisotopic (exact) mass is 389 g/mol. The normalized spacial score (nSPS) is 15.2. The third-order valence-corrected chi connectivity index (χ3v) is 5.37. The molecule has 146 valence electrons. The Morgan fingerprint density at radius 2 is 1.76 bits per heavy atom. The van der Waals surface area contributed by atoms with Crippen LogP contribution < -0.4 is 5.56 Å². The van der Waals surface area contributed by atoms with Crippen LogP contribution in [0, 0.1) is 5.82 Å². The molecule has 0 N–H and O–H groups in total. The minimum absolute atomic E-state index is 0.284. The molecule has 6 nitrogen and oxygen atoms in total. The van der Waals surface area contributed by atoms with E-state index in [1.165, 1.54) is 18.6 Å². The molecule has 1 aliphatic heterocycles. The lowest BCUT2D eigenvalue weighted by Gasteiger charge is -2.26. The van der Waals surface area contributed by atoms with Gasteiger partial charge in [0.05, 0.1) is 12.1 Å². The number of aromatic nitrogens is 4. The minimum Gasteiger partial charge on any atom is -0.296 e. The average molecular weight is 389 g/mol. The highest BCUT2D eigenvalue weighted by molar-refractivity contribution is 5.91. The van der Waals surface area contributed by atoms with Crippen LogP contribution in [0.15, 0.2) is 53.3 Å². The van der Waals surface area contributed by atoms with E-state index in [-0.39, 0.29) is 11.5 Å². The highest BCUT2D eigenvalue weighted by Gasteiger charge is 2.18. The summed E-state index contributed by atoms with van der Waals surface area (Å²) in [4.78, 5) is 24.1. The summed E-state index contributed by atoms with van der Waals surface area (Å²) >= 11 is 0. The molecule has 1 aliphatic rings. The maximum absolute atomic E-state index is 13.8. The van der Waals surface area contributed by atoms with Crippen molar-refractivity contribution in [3.8, 4) is 11.3 Å². The highest BCUT2D eigenvalue weighted by Crippen LogP contribution is 2.21. The number of nitrogens with zero attached hydrogens (tertiary/aromatic N) is 5. The average Bonchev–Trinajstić information content (AvgIpc) is 2.74. The summed E-state index contributed by atoms with van der Waals surface area (Å²) in [5.74, 6) is 0.291. The van der Waals surface area contributed by atoms with Crippen molar-refractivity contribution in [2.24, 2.45) is 0 Å². The lowest BCUT2D eigenvalue weighted by molar-refractivity contribution is 0.214. The van der Waals surface area contributed by atoms with E-state index in [0.717, 1.165) is 25.9 Å². The number of likely N-dealkylation sites (tertiary alicyclic amines) is 1. The maximum Gasteiger partial charge on any atom is 0.300 e. The fourth-order valence-electron chi connectivity index (χ4n) is 3.91. The van der Waals surface area contributed by atoms with E-state index in [4.69, 9.17) is 4.98 Å². The Hall–Kier alpha value is -3.19. The molecule has 0 atom stereocenters. The van der Waals surface area contributed by atoms with Crippen LogP contribution in [-0.4, -0.2) is 37.6 Å². The molecule has 0 aliphatic carbocycles. The van der Waals surface area contributed by atoms with Gasteiger partial charge < -0.3 is 0 Å². The fraction of sp³-hybridized carbons (Fsp3) is 0.273. The van der Waals surface area contributed by atoms with Crippen LogP contribution >= 0.6 is 0 Å². The first kappa shape index (κ1) is 17.9. The molecule has 4 aromatic rings. The number of rotatable bonds is 3. The van der Waals surface area contributed by atoms with E-state index in [9.17, 15) is 9.18 Å². The van der Waals surface area contributed by atoms with Gasteiger partial charge in [0.15, 0.2) is 11.3 Å². The topological polar surface area (TPSA) is 63.4 Å². The van der Waals surface area contributed by atoms with Gasteiger partial charge in [0.1, 0.15) is 11.6 Å². The van der Waals surface area contributed by atoms with Crippen LogP contribution in [0.3, 0.4) is 0 Å². The predicted octanol–water partition coefficient (Wildman–Crippen LogP) is 3.43. The first-order chi connectivity index (χ1) is 14.2. The van der Waals surface area contributed by atoms with Crippen molar-refractivity contribution in [2.45, 2.75) is 25.8 Å². The number of fused-ring (bicyclic) bond motifs is 3. The van der Waals surface area contributed by atoms with Gasteiger partial charge >= 0.3 is 0 Å². The molecular weight excluding hydrogens is 369 g/mol. The smallest absolute Gasteiger partial charge is 0.296 e. The van der Waals surface area contributed by atoms with Crippen molar-refractivity contribution >= 4 is 16.6 Å². The lowest BCUT2D eigenvalue weighted by Crippen LogP contribution is -2.31. The zero-order valence-electron chi connectivity index (χ0n) is 15.9. The Bertz CT molecular complexity index is 1250. The van der Waals surface area contributed by atoms with Crippen molar-refractivity contribution < 1.29 is 4.39 Å². The molecule has 5 rings (SSSR count). The van der Waals surface area contributed by atoms with Gasteiger partial charge in [0, 0.05) is 17.0 Å². The van der Waals surface area contributed by atoms with Crippen molar-refractivity contribution in [3.63, 3.8) is 0 Å². The fourth-order valence-corrected chi connectivity index (χ4v) is 3.91. The van der Waals surface area contributed by atoms with Crippen molar-refractivity contribution in [1.82, 2.24) is 24.5 Å². The number of piperidine rings is 1. The molecule has 29 heavy (non-hydrogen) atoms. The lowest BCUT2D eigenvalue weighted by atomic mass is 10.1. The van der Waals surface area contributed by atoms with Crippen LogP contribution in [0.4, 0.5) is 4.39 Å². The van der Waals surface area contributed by atoms with Gasteiger partial charge in [0.2, 0.25) is 0 Å². The summed E-state index contributed by atoms with van der Waals surface area (Å²) in [5.41, 5.74) is 1.48. The molecule has 1 fully saturated rings. The van der Waals surface area contributed by atoms with Gasteiger partial charge in [-0.1, -0.05) is 36.8 Å². The number of hydrogen-bond acceptors (Lipinski definition) is 5. The molecule has 7 heteroatoms. The number of benzene rings is 2. The summed E-state index contributed by atoms with van der Waals surface area (Å²) in [7, 11) is 0. The Labute approximate surface area is 166 Å². The summed E-state index contributed by atoms with van der Waals surface area (Å²) < 4.78 is 15.5. The van der Waals surface area contributed by atoms with Gasteiger partial charge in [-0.25, -0.2) is 9.37 Å². The summed E-state index contributed by atoms with van der Waals surface area (Å²) in [5, 5.41) is 5.25. The van der Waals surface area contributed by atoms with Gasteiger partial charge in [0.25, 0.3) is 5.56 Å². The Morgan fingerprint density at radius 3 is 2.55 bits per heavy atom. The summed E-state index contributed by atoms with van der Waals surface area (Å²) in [6, 6.07) is 13.6. The standard InChI is InChI=1S/C22H20FN5O/c23-16-9-10-17-18(13-16)24-19(14-27-11-5-2-6-12-27)28-21(17)25-22(29)20(26-28)15-7-3-1-4-8-15/h1,3-4,7-10,13H,2,5-6,11-12,14H2. The second-order valence-corrected chi connectivity index (χ2v) is 7.39. The van der Waals surface area contributed by atoms with Crippen LogP contribution in [0.1, 0.15) is 25.1 Å². The number of halogens is 1. The van der Waals surface area contributed by atoms with Crippen molar-refractivity contribution in [3.05, 3.63) is 70.5 Å². The van der Waals surface area contributed by atoms with E-state index in [1.807, 2.05) is 30.3 Å². The molecule has 2 aromatic carbocycles. The second kappa shape index (κ2) is 7.33. The Kier molecular flexibility index (Phi) is 4.52. The molecule has 0 spiro atoms. The number of hydrogen-bond donors (Lipinski definition) is 0. The first-order valence-corrected chi connectivity index (χ1v) is 9.86. The molecule has 0 unspecified atom stereocenters. The molecular formula is C22H20FN5O. The second-order valence-electron chi connectivity index (χ2n) is 7.39. The van der Waals surface area contributed by atoms with Crippen molar-refractivity contribution in [2.75, 3.05) is 13.1 Å². The molecule has 0 saturated carbocycles. The molecule has 1 saturated heterocycles. The van der Waals surface area contributed by atoms with Crippen molar-refractivity contribution in [1.29, 1.82) is 0 Å². The van der Waals surface area contributed by atoms with Crippen LogP contribution in [0.25, 0.3) is 27.8 Å². The highest BCUT2D eigenvalue weighted by atomic mass is 19.1. The third kappa shape index (κ3) is 3.38. The third-order valence-electron chi connectivity index (χ3n) is 5.37. The van der Waals surface area contributed by atoms with E-state index in [1.54, 1.807) is 10.6 Å². The Morgan fingerprint density at radius 1 is 0.966 bits per heavy atom. The molecule has 2 aromatic heterocycles. The largest absolute Gasteiger partial charge is 0.300 e. The van der Waals surface area contributed by atoms with Gasteiger partial charge in [-0.05, 0) is 38.1 Å². The molecule has 0 bridgehead atoms. The van der Waals surface area contributed by atoms with E-state index < -0.39 is 5.56 Å². The molecule has 0 radical (unpaired) electrons. The van der Waals surface area contributed by atoms with Gasteiger partial charge in [-0.3, -0.25) is 9.69 Å². The molecule has 3 heterocycles. The van der Waals surface area contributed by atoms with Gasteiger partial charge in [-0.15, -0.1) is 0 Å².